The van der Waals surface area contributed by atoms with Gasteiger partial charge in [-0.3, -0.25) is 18.5 Å². The van der Waals surface area contributed by atoms with Crippen LogP contribution in [-0.2, 0) is 28.6 Å². The minimum absolute atomic E-state index is 0.125. The van der Waals surface area contributed by atoms with E-state index < -0.39 is 44.3 Å². The topological polar surface area (TPSA) is 130 Å². The molecule has 1 aromatic rings. The molecule has 0 bridgehead atoms. The standard InChI is InChI=1S/C11H15NO8S2/c1-21(15,16)19-7-9(8-20-22(2,17)18)10-5-3-4-6-11(10)12(13)14/h3-6,9H,7-8H2,1-2H3. The molecule has 0 radical (unpaired) electrons. The lowest BCUT2D eigenvalue weighted by Crippen LogP contribution is -2.20. The van der Waals surface area contributed by atoms with Crippen LogP contribution in [0.3, 0.4) is 0 Å². The molecule has 0 atom stereocenters. The zero-order valence-corrected chi connectivity index (χ0v) is 13.5. The fraction of sp³-hybridized carbons (Fsp3) is 0.455. The maximum atomic E-state index is 11.1. The van der Waals surface area contributed by atoms with E-state index in [4.69, 9.17) is 0 Å². The molecule has 22 heavy (non-hydrogen) atoms. The van der Waals surface area contributed by atoms with Gasteiger partial charge < -0.3 is 0 Å². The summed E-state index contributed by atoms with van der Waals surface area (Å²) in [6.45, 7) is -0.946. The molecular formula is C11H15NO8S2. The average Bonchev–Trinajstić information content (AvgIpc) is 2.36. The molecule has 1 rings (SSSR count). The number of para-hydroxylation sites is 1. The van der Waals surface area contributed by atoms with E-state index in [0.29, 0.717) is 0 Å². The lowest BCUT2D eigenvalue weighted by molar-refractivity contribution is -0.385. The van der Waals surface area contributed by atoms with Gasteiger partial charge in [-0.2, -0.15) is 16.8 Å². The van der Waals surface area contributed by atoms with Gasteiger partial charge >= 0.3 is 0 Å². The zero-order valence-electron chi connectivity index (χ0n) is 11.8. The van der Waals surface area contributed by atoms with Crippen molar-refractivity contribution >= 4 is 25.9 Å². The fourth-order valence-electron chi connectivity index (χ4n) is 1.64. The van der Waals surface area contributed by atoms with Gasteiger partial charge in [-0.05, 0) is 0 Å². The number of nitro groups is 1. The molecule has 0 spiro atoms. The molecule has 1 aromatic carbocycles. The van der Waals surface area contributed by atoms with E-state index in [2.05, 4.69) is 8.37 Å². The van der Waals surface area contributed by atoms with Crippen LogP contribution >= 0.6 is 0 Å². The van der Waals surface area contributed by atoms with E-state index in [1.807, 2.05) is 0 Å². The highest BCUT2D eigenvalue weighted by Crippen LogP contribution is 2.27. The van der Waals surface area contributed by atoms with Gasteiger partial charge in [-0.15, -0.1) is 0 Å². The van der Waals surface area contributed by atoms with Crippen LogP contribution in [0.25, 0.3) is 0 Å². The van der Waals surface area contributed by atoms with Crippen LogP contribution in [0.15, 0.2) is 24.3 Å². The molecule has 0 amide bonds. The minimum atomic E-state index is -3.79. The molecule has 11 heteroatoms. The number of hydrogen-bond donors (Lipinski definition) is 0. The van der Waals surface area contributed by atoms with Crippen molar-refractivity contribution in [3.05, 3.63) is 39.9 Å². The highest BCUT2D eigenvalue weighted by molar-refractivity contribution is 7.86. The summed E-state index contributed by atoms with van der Waals surface area (Å²) in [5.74, 6) is -0.939. The van der Waals surface area contributed by atoms with Crippen molar-refractivity contribution in [2.45, 2.75) is 5.92 Å². The smallest absolute Gasteiger partial charge is 0.270 e. The fourth-order valence-corrected chi connectivity index (χ4v) is 2.46. The van der Waals surface area contributed by atoms with E-state index in [-0.39, 0.29) is 11.3 Å². The zero-order chi connectivity index (χ0) is 17.0. The number of nitrogens with zero attached hydrogens (tertiary/aromatic N) is 1. The predicted molar refractivity (Wildman–Crippen MR) is 77.4 cm³/mol. The second kappa shape index (κ2) is 7.13. The highest BCUT2D eigenvalue weighted by Gasteiger charge is 2.25. The van der Waals surface area contributed by atoms with Gasteiger partial charge in [0, 0.05) is 17.5 Å². The van der Waals surface area contributed by atoms with Crippen LogP contribution in [0, 0.1) is 10.1 Å². The first-order valence-electron chi connectivity index (χ1n) is 5.92. The normalized spacial score (nSPS) is 12.5. The van der Waals surface area contributed by atoms with Gasteiger partial charge in [0.2, 0.25) is 0 Å². The summed E-state index contributed by atoms with van der Waals surface area (Å²) in [4.78, 5) is 10.4. The minimum Gasteiger partial charge on any atom is -0.270 e. The Morgan fingerprint density at radius 2 is 1.50 bits per heavy atom. The van der Waals surface area contributed by atoms with Gasteiger partial charge in [0.05, 0.1) is 30.6 Å². The molecule has 0 saturated carbocycles. The predicted octanol–water partition coefficient (Wildman–Crippen LogP) is 0.631. The third-order valence-electron chi connectivity index (χ3n) is 2.54. The van der Waals surface area contributed by atoms with Crippen LogP contribution in [0.2, 0.25) is 0 Å². The Morgan fingerprint density at radius 1 is 1.05 bits per heavy atom. The third-order valence-corrected chi connectivity index (χ3v) is 3.67. The Hall–Kier alpha value is -1.56. The second-order valence-electron chi connectivity index (χ2n) is 4.49. The number of benzene rings is 1. The Morgan fingerprint density at radius 3 is 1.91 bits per heavy atom. The molecule has 0 aliphatic rings. The average molecular weight is 353 g/mol. The Bertz CT molecular complexity index is 705. The van der Waals surface area contributed by atoms with Crippen LogP contribution in [0.1, 0.15) is 11.5 Å². The quantitative estimate of drug-likeness (QED) is 0.378. The van der Waals surface area contributed by atoms with Gasteiger partial charge in [0.25, 0.3) is 25.9 Å². The molecule has 0 N–H and O–H groups in total. The second-order valence-corrected chi connectivity index (χ2v) is 7.78. The molecule has 0 heterocycles. The van der Waals surface area contributed by atoms with E-state index >= 15 is 0 Å². The lowest BCUT2D eigenvalue weighted by atomic mass is 9.99. The summed E-state index contributed by atoms with van der Waals surface area (Å²) in [5, 5.41) is 11.0. The molecule has 0 unspecified atom stereocenters. The van der Waals surface area contributed by atoms with Crippen LogP contribution in [-0.4, -0.2) is 47.5 Å². The molecule has 0 aliphatic heterocycles. The molecule has 0 aromatic heterocycles. The van der Waals surface area contributed by atoms with E-state index in [9.17, 15) is 26.9 Å². The van der Waals surface area contributed by atoms with Crippen molar-refractivity contribution < 1.29 is 30.1 Å². The number of rotatable bonds is 8. The molecule has 0 saturated heterocycles. The summed E-state index contributed by atoms with van der Waals surface area (Å²) in [6.07, 6.45) is 1.64. The maximum Gasteiger partial charge on any atom is 0.273 e. The Balaban J connectivity index is 3.11. The van der Waals surface area contributed by atoms with Crippen molar-refractivity contribution in [2.75, 3.05) is 25.7 Å². The van der Waals surface area contributed by atoms with E-state index in [0.717, 1.165) is 12.5 Å². The molecule has 124 valence electrons. The lowest BCUT2D eigenvalue weighted by Gasteiger charge is -2.16. The Kier molecular flexibility index (Phi) is 6.00. The van der Waals surface area contributed by atoms with Crippen molar-refractivity contribution in [1.82, 2.24) is 0 Å². The van der Waals surface area contributed by atoms with Gasteiger partial charge in [0.15, 0.2) is 0 Å². The number of hydrogen-bond acceptors (Lipinski definition) is 8. The number of nitro benzene ring substituents is 1. The van der Waals surface area contributed by atoms with E-state index in [1.54, 1.807) is 0 Å². The first kappa shape index (κ1) is 18.5. The van der Waals surface area contributed by atoms with Crippen molar-refractivity contribution in [2.24, 2.45) is 0 Å². The van der Waals surface area contributed by atoms with Gasteiger partial charge in [0.1, 0.15) is 0 Å². The van der Waals surface area contributed by atoms with Crippen LogP contribution in [0.5, 0.6) is 0 Å². The van der Waals surface area contributed by atoms with Crippen molar-refractivity contribution in [1.29, 1.82) is 0 Å². The van der Waals surface area contributed by atoms with Crippen molar-refractivity contribution in [3.63, 3.8) is 0 Å². The molecule has 0 aliphatic carbocycles. The monoisotopic (exact) mass is 353 g/mol. The Labute approximate surface area is 128 Å². The van der Waals surface area contributed by atoms with E-state index in [1.165, 1.54) is 24.3 Å². The van der Waals surface area contributed by atoms with Crippen LogP contribution < -0.4 is 0 Å². The first-order valence-corrected chi connectivity index (χ1v) is 9.55. The largest absolute Gasteiger partial charge is 0.273 e. The summed E-state index contributed by atoms with van der Waals surface area (Å²) in [5.41, 5.74) is -0.151. The molecule has 9 nitrogen and oxygen atoms in total. The SMILES string of the molecule is CS(=O)(=O)OCC(COS(C)(=O)=O)c1ccccc1[N+](=O)[O-]. The summed E-state index contributed by atoms with van der Waals surface area (Å²) in [7, 11) is -7.58. The highest BCUT2D eigenvalue weighted by atomic mass is 32.2. The van der Waals surface area contributed by atoms with Crippen molar-refractivity contribution in [3.8, 4) is 0 Å². The summed E-state index contributed by atoms with van der Waals surface area (Å²) < 4.78 is 53.5. The first-order chi connectivity index (χ1) is 9.99. The van der Waals surface area contributed by atoms with Gasteiger partial charge in [-0.1, -0.05) is 18.2 Å². The van der Waals surface area contributed by atoms with Crippen LogP contribution in [0.4, 0.5) is 5.69 Å². The molecular weight excluding hydrogens is 338 g/mol. The summed E-state index contributed by atoms with van der Waals surface area (Å²) >= 11 is 0. The summed E-state index contributed by atoms with van der Waals surface area (Å²) in [6, 6.07) is 5.56. The maximum absolute atomic E-state index is 11.1. The van der Waals surface area contributed by atoms with Gasteiger partial charge in [-0.25, -0.2) is 0 Å². The third kappa shape index (κ3) is 6.47. The molecule has 0 fully saturated rings.